The number of ether oxygens (including phenoxy) is 1. The number of amides is 2. The number of carbonyl (C=O) groups excluding carboxylic acids is 2. The lowest BCUT2D eigenvalue weighted by Gasteiger charge is -2.22. The third-order valence-corrected chi connectivity index (χ3v) is 6.65. The van der Waals surface area contributed by atoms with Crippen LogP contribution in [0.5, 0.6) is 0 Å². The summed E-state index contributed by atoms with van der Waals surface area (Å²) in [5, 5.41) is 16.4. The van der Waals surface area contributed by atoms with Crippen molar-refractivity contribution in [3.8, 4) is 11.1 Å². The standard InChI is InChI=1S/C26H27N3O5S/c1-26(2,12-23(31)32)15-27-22(30)11-16-14-35-24(28-16)29-25(33)34-13-21-19-9-5-3-7-17(19)18-8-4-6-10-20(18)21/h3-10,14,21H,11-13,15H2,1-2H3,(H,27,30)(H,31,32)(H,28,29,33). The van der Waals surface area contributed by atoms with E-state index in [0.717, 1.165) is 22.3 Å². The van der Waals surface area contributed by atoms with Crippen LogP contribution in [0.15, 0.2) is 53.9 Å². The van der Waals surface area contributed by atoms with Gasteiger partial charge in [0.15, 0.2) is 5.13 Å². The van der Waals surface area contributed by atoms with E-state index >= 15 is 0 Å². The van der Waals surface area contributed by atoms with Gasteiger partial charge in [0.05, 0.1) is 18.5 Å². The SMILES string of the molecule is CC(C)(CNC(=O)Cc1csc(NC(=O)OCC2c3ccccc3-c3ccccc32)n1)CC(=O)O. The fourth-order valence-electron chi connectivity index (χ4n) is 4.20. The zero-order valence-corrected chi connectivity index (χ0v) is 20.4. The van der Waals surface area contributed by atoms with Gasteiger partial charge in [-0.3, -0.25) is 14.9 Å². The normalized spacial score (nSPS) is 12.5. The number of hydrogen-bond acceptors (Lipinski definition) is 6. The highest BCUT2D eigenvalue weighted by molar-refractivity contribution is 7.13. The Bertz CT molecular complexity index is 1210. The van der Waals surface area contributed by atoms with Gasteiger partial charge in [-0.1, -0.05) is 62.4 Å². The van der Waals surface area contributed by atoms with Crippen LogP contribution in [0.3, 0.4) is 0 Å². The number of aliphatic carboxylic acids is 1. The summed E-state index contributed by atoms with van der Waals surface area (Å²) in [5.74, 6) is -1.21. The molecule has 0 atom stereocenters. The third-order valence-electron chi connectivity index (χ3n) is 5.84. The molecule has 0 unspecified atom stereocenters. The Morgan fingerprint density at radius 3 is 2.31 bits per heavy atom. The maximum Gasteiger partial charge on any atom is 0.413 e. The number of nitrogens with one attached hydrogen (secondary N) is 2. The second-order valence-electron chi connectivity index (χ2n) is 9.28. The Balaban J connectivity index is 1.28. The molecule has 0 bridgehead atoms. The number of thiazole rings is 1. The number of carbonyl (C=O) groups is 3. The number of aromatic nitrogens is 1. The Morgan fingerprint density at radius 2 is 1.69 bits per heavy atom. The summed E-state index contributed by atoms with van der Waals surface area (Å²) in [6.45, 7) is 4.00. The molecule has 3 aromatic rings. The molecule has 1 aromatic heterocycles. The fourth-order valence-corrected chi connectivity index (χ4v) is 4.90. The second-order valence-corrected chi connectivity index (χ2v) is 10.1. The summed E-state index contributed by atoms with van der Waals surface area (Å²) in [5.41, 5.74) is 4.54. The number of carboxylic acid groups (broad SMARTS) is 1. The van der Waals surface area contributed by atoms with E-state index < -0.39 is 17.5 Å². The predicted molar refractivity (Wildman–Crippen MR) is 134 cm³/mol. The van der Waals surface area contributed by atoms with Gasteiger partial charge in [0.2, 0.25) is 5.91 Å². The second kappa shape index (κ2) is 10.3. The molecule has 3 N–H and O–H groups in total. The van der Waals surface area contributed by atoms with E-state index in [-0.39, 0.29) is 37.8 Å². The van der Waals surface area contributed by atoms with Crippen molar-refractivity contribution in [2.45, 2.75) is 32.6 Å². The van der Waals surface area contributed by atoms with Crippen LogP contribution in [0.4, 0.5) is 9.93 Å². The van der Waals surface area contributed by atoms with Crippen LogP contribution in [0.2, 0.25) is 0 Å². The zero-order valence-electron chi connectivity index (χ0n) is 19.5. The predicted octanol–water partition coefficient (Wildman–Crippen LogP) is 4.66. The number of anilines is 1. The van der Waals surface area contributed by atoms with E-state index in [0.29, 0.717) is 10.8 Å². The van der Waals surface area contributed by atoms with E-state index in [2.05, 4.69) is 39.9 Å². The molecule has 182 valence electrons. The van der Waals surface area contributed by atoms with Gasteiger partial charge in [0, 0.05) is 17.8 Å². The van der Waals surface area contributed by atoms with Gasteiger partial charge in [-0.25, -0.2) is 9.78 Å². The molecule has 1 aliphatic carbocycles. The lowest BCUT2D eigenvalue weighted by molar-refractivity contribution is -0.139. The van der Waals surface area contributed by atoms with E-state index in [1.54, 1.807) is 19.2 Å². The molecule has 0 radical (unpaired) electrons. The molecule has 8 nitrogen and oxygen atoms in total. The summed E-state index contributed by atoms with van der Waals surface area (Å²) in [7, 11) is 0. The monoisotopic (exact) mass is 493 g/mol. The molecule has 2 aromatic carbocycles. The Hall–Kier alpha value is -3.72. The lowest BCUT2D eigenvalue weighted by Crippen LogP contribution is -2.36. The number of hydrogen-bond donors (Lipinski definition) is 3. The Kier molecular flexibility index (Phi) is 7.16. The third kappa shape index (κ3) is 6.05. The minimum atomic E-state index is -0.910. The molecule has 0 saturated carbocycles. The number of nitrogens with zero attached hydrogens (tertiary/aromatic N) is 1. The Labute approximate surface area is 207 Å². The van der Waals surface area contributed by atoms with Crippen LogP contribution < -0.4 is 10.6 Å². The van der Waals surface area contributed by atoms with Crippen LogP contribution in [-0.4, -0.2) is 41.2 Å². The van der Waals surface area contributed by atoms with Crippen molar-refractivity contribution in [2.24, 2.45) is 5.41 Å². The van der Waals surface area contributed by atoms with Gasteiger partial charge in [0.1, 0.15) is 6.61 Å². The number of benzene rings is 2. The van der Waals surface area contributed by atoms with Crippen molar-refractivity contribution in [2.75, 3.05) is 18.5 Å². The van der Waals surface area contributed by atoms with Gasteiger partial charge >= 0.3 is 12.1 Å². The molecule has 2 amide bonds. The quantitative estimate of drug-likeness (QED) is 0.399. The van der Waals surface area contributed by atoms with Crippen LogP contribution in [0, 0.1) is 5.41 Å². The zero-order chi connectivity index (χ0) is 25.0. The average molecular weight is 494 g/mol. The average Bonchev–Trinajstić information content (AvgIpc) is 3.37. The Morgan fingerprint density at radius 1 is 1.06 bits per heavy atom. The van der Waals surface area contributed by atoms with Gasteiger partial charge in [-0.15, -0.1) is 11.3 Å². The number of rotatable bonds is 9. The molecule has 0 aliphatic heterocycles. The molecular weight excluding hydrogens is 466 g/mol. The van der Waals surface area contributed by atoms with E-state index in [1.807, 2.05) is 24.3 Å². The first-order valence-corrected chi connectivity index (χ1v) is 12.1. The minimum absolute atomic E-state index is 0.0333. The largest absolute Gasteiger partial charge is 0.481 e. The number of fused-ring (bicyclic) bond motifs is 3. The molecule has 1 aliphatic rings. The highest BCUT2D eigenvalue weighted by Gasteiger charge is 2.29. The van der Waals surface area contributed by atoms with Crippen molar-refractivity contribution in [3.05, 3.63) is 70.7 Å². The molecule has 0 fully saturated rings. The van der Waals surface area contributed by atoms with Crippen LogP contribution in [0.25, 0.3) is 11.1 Å². The fraction of sp³-hybridized carbons (Fsp3) is 0.308. The van der Waals surface area contributed by atoms with Crippen LogP contribution >= 0.6 is 11.3 Å². The molecule has 4 rings (SSSR count). The van der Waals surface area contributed by atoms with Crippen molar-refractivity contribution in [1.82, 2.24) is 10.3 Å². The van der Waals surface area contributed by atoms with Crippen molar-refractivity contribution in [3.63, 3.8) is 0 Å². The summed E-state index contributed by atoms with van der Waals surface area (Å²) in [4.78, 5) is 39.8. The maximum atomic E-state index is 12.4. The molecule has 35 heavy (non-hydrogen) atoms. The lowest BCUT2D eigenvalue weighted by atomic mass is 9.89. The maximum absolute atomic E-state index is 12.4. The molecule has 9 heteroatoms. The van der Waals surface area contributed by atoms with Crippen molar-refractivity contribution in [1.29, 1.82) is 0 Å². The molecule has 1 heterocycles. The highest BCUT2D eigenvalue weighted by Crippen LogP contribution is 2.44. The van der Waals surface area contributed by atoms with Gasteiger partial charge < -0.3 is 15.2 Å². The first-order chi connectivity index (χ1) is 16.7. The molecular formula is C26H27N3O5S. The first-order valence-electron chi connectivity index (χ1n) is 11.3. The van der Waals surface area contributed by atoms with Gasteiger partial charge in [-0.2, -0.15) is 0 Å². The van der Waals surface area contributed by atoms with Gasteiger partial charge in [0.25, 0.3) is 0 Å². The number of carboxylic acids is 1. The van der Waals surface area contributed by atoms with Gasteiger partial charge in [-0.05, 0) is 27.7 Å². The van der Waals surface area contributed by atoms with E-state index in [4.69, 9.17) is 9.84 Å². The van der Waals surface area contributed by atoms with Crippen LogP contribution in [0.1, 0.15) is 43.0 Å². The topological polar surface area (TPSA) is 118 Å². The smallest absolute Gasteiger partial charge is 0.413 e. The summed E-state index contributed by atoms with van der Waals surface area (Å²) in [6, 6.07) is 16.2. The van der Waals surface area contributed by atoms with E-state index in [1.165, 1.54) is 11.3 Å². The molecule has 0 saturated heterocycles. The van der Waals surface area contributed by atoms with Crippen molar-refractivity contribution >= 4 is 34.4 Å². The highest BCUT2D eigenvalue weighted by atomic mass is 32.1. The summed E-state index contributed by atoms with van der Waals surface area (Å²) < 4.78 is 5.53. The van der Waals surface area contributed by atoms with Crippen LogP contribution in [-0.2, 0) is 20.7 Å². The first kappa shape index (κ1) is 24.4. The molecule has 0 spiro atoms. The van der Waals surface area contributed by atoms with Crippen molar-refractivity contribution < 1.29 is 24.2 Å². The van der Waals surface area contributed by atoms with E-state index in [9.17, 15) is 14.4 Å². The minimum Gasteiger partial charge on any atom is -0.481 e. The summed E-state index contributed by atoms with van der Waals surface area (Å²) in [6.07, 6.45) is -0.614. The summed E-state index contributed by atoms with van der Waals surface area (Å²) >= 11 is 1.21.